The summed E-state index contributed by atoms with van der Waals surface area (Å²) < 4.78 is 0. The Kier molecular flexibility index (Phi) is 3.17. The zero-order chi connectivity index (χ0) is 12.4. The van der Waals surface area contributed by atoms with E-state index in [9.17, 15) is 0 Å². The molecule has 3 rings (SSSR count). The largest absolute Gasteiger partial charge is 0.159 e. The van der Waals surface area contributed by atoms with Crippen LogP contribution < -0.4 is 0 Å². The molecule has 1 heterocycles. The molecule has 0 unspecified atom stereocenters. The van der Waals surface area contributed by atoms with E-state index in [4.69, 9.17) is 11.6 Å². The number of rotatable bonds is 2. The molecule has 0 aliphatic carbocycles. The summed E-state index contributed by atoms with van der Waals surface area (Å²) in [5.41, 5.74) is 0. The molecule has 88 valence electrons. The summed E-state index contributed by atoms with van der Waals surface area (Å²) in [5, 5.41) is 11.5. The van der Waals surface area contributed by atoms with E-state index in [-0.39, 0.29) is 0 Å². The molecule has 18 heavy (non-hydrogen) atoms. The zero-order valence-corrected chi connectivity index (χ0v) is 10.9. The molecule has 4 heteroatoms. The number of benzene rings is 2. The maximum atomic E-state index is 6.05. The summed E-state index contributed by atoms with van der Waals surface area (Å²) in [4.78, 5) is 1.14. The van der Waals surface area contributed by atoms with E-state index in [2.05, 4.69) is 22.3 Å². The molecule has 2 aromatic carbocycles. The van der Waals surface area contributed by atoms with E-state index in [0.29, 0.717) is 5.15 Å². The minimum Gasteiger partial charge on any atom is -0.142 e. The van der Waals surface area contributed by atoms with Crippen molar-refractivity contribution in [2.45, 2.75) is 9.92 Å². The number of fused-ring (bicyclic) bond motifs is 1. The van der Waals surface area contributed by atoms with E-state index < -0.39 is 0 Å². The summed E-state index contributed by atoms with van der Waals surface area (Å²) in [6, 6.07) is 18.0. The molecule has 0 saturated heterocycles. The van der Waals surface area contributed by atoms with Crippen LogP contribution in [0.15, 0.2) is 64.5 Å². The minimum atomic E-state index is 0.447. The quantitative estimate of drug-likeness (QED) is 0.690. The lowest BCUT2D eigenvalue weighted by molar-refractivity contribution is 0.956. The maximum absolute atomic E-state index is 6.05. The highest BCUT2D eigenvalue weighted by Gasteiger charge is 2.08. The number of aromatic nitrogens is 2. The van der Waals surface area contributed by atoms with Crippen molar-refractivity contribution in [2.24, 2.45) is 0 Å². The van der Waals surface area contributed by atoms with Gasteiger partial charge in [0.2, 0.25) is 0 Å². The topological polar surface area (TPSA) is 25.8 Å². The lowest BCUT2D eigenvalue weighted by Gasteiger charge is -2.05. The van der Waals surface area contributed by atoms with Crippen LogP contribution in [0.2, 0.25) is 5.15 Å². The summed E-state index contributed by atoms with van der Waals surface area (Å²) in [6.45, 7) is 0. The summed E-state index contributed by atoms with van der Waals surface area (Å²) in [7, 11) is 0. The van der Waals surface area contributed by atoms with Crippen molar-refractivity contribution < 1.29 is 0 Å². The van der Waals surface area contributed by atoms with Gasteiger partial charge in [-0.15, -0.1) is 10.2 Å². The average Bonchev–Trinajstić information content (AvgIpc) is 2.44. The third-order valence-corrected chi connectivity index (χ3v) is 3.85. The first-order chi connectivity index (χ1) is 8.84. The van der Waals surface area contributed by atoms with Gasteiger partial charge in [-0.05, 0) is 12.1 Å². The molecule has 0 aliphatic rings. The predicted octanol–water partition coefficient (Wildman–Crippen LogP) is 4.43. The minimum absolute atomic E-state index is 0.447. The Balaban J connectivity index is 2.10. The van der Waals surface area contributed by atoms with Crippen LogP contribution in [0.25, 0.3) is 10.8 Å². The molecule has 3 aromatic rings. The fraction of sp³-hybridized carbons (Fsp3) is 0. The van der Waals surface area contributed by atoms with Gasteiger partial charge in [-0.3, -0.25) is 0 Å². The highest BCUT2D eigenvalue weighted by molar-refractivity contribution is 7.99. The number of hydrogen-bond donors (Lipinski definition) is 0. The van der Waals surface area contributed by atoms with Gasteiger partial charge in [0.25, 0.3) is 0 Å². The fourth-order valence-electron chi connectivity index (χ4n) is 1.72. The van der Waals surface area contributed by atoms with E-state index in [0.717, 1.165) is 20.7 Å². The van der Waals surface area contributed by atoms with E-state index >= 15 is 0 Å². The Labute approximate surface area is 114 Å². The standard InChI is InChI=1S/C14H9ClN2S/c15-13-11-8-4-5-9-12(11)14(17-16-13)18-10-6-2-1-3-7-10/h1-9H. The van der Waals surface area contributed by atoms with Gasteiger partial charge in [0, 0.05) is 15.7 Å². The number of halogens is 1. The Morgan fingerprint density at radius 2 is 1.44 bits per heavy atom. The SMILES string of the molecule is Clc1nnc(Sc2ccccc2)c2ccccc12. The Bertz CT molecular complexity index is 686. The lowest BCUT2D eigenvalue weighted by atomic mass is 10.2. The van der Waals surface area contributed by atoms with Crippen molar-refractivity contribution >= 4 is 34.1 Å². The van der Waals surface area contributed by atoms with E-state index in [1.54, 1.807) is 11.8 Å². The Morgan fingerprint density at radius 1 is 0.778 bits per heavy atom. The van der Waals surface area contributed by atoms with Crippen LogP contribution in [0.3, 0.4) is 0 Å². The molecule has 0 N–H and O–H groups in total. The highest BCUT2D eigenvalue weighted by atomic mass is 35.5. The second kappa shape index (κ2) is 4.96. The van der Waals surface area contributed by atoms with Crippen LogP contribution in [0, 0.1) is 0 Å². The molecule has 2 nitrogen and oxygen atoms in total. The van der Waals surface area contributed by atoms with Crippen molar-refractivity contribution in [3.63, 3.8) is 0 Å². The molecule has 1 aromatic heterocycles. The number of hydrogen-bond acceptors (Lipinski definition) is 3. The van der Waals surface area contributed by atoms with Gasteiger partial charge in [0.1, 0.15) is 5.03 Å². The maximum Gasteiger partial charge on any atom is 0.159 e. The average molecular weight is 273 g/mol. The van der Waals surface area contributed by atoms with Gasteiger partial charge in [0.05, 0.1) is 0 Å². The van der Waals surface area contributed by atoms with E-state index in [1.165, 1.54) is 0 Å². The normalized spacial score (nSPS) is 10.7. The summed E-state index contributed by atoms with van der Waals surface area (Å²) in [6.07, 6.45) is 0. The van der Waals surface area contributed by atoms with E-state index in [1.807, 2.05) is 42.5 Å². The van der Waals surface area contributed by atoms with Crippen molar-refractivity contribution in [2.75, 3.05) is 0 Å². The second-order valence-electron chi connectivity index (χ2n) is 3.76. The third-order valence-electron chi connectivity index (χ3n) is 2.57. The Hall–Kier alpha value is -1.58. The molecule has 0 aliphatic heterocycles. The molecular formula is C14H9ClN2S. The third kappa shape index (κ3) is 2.19. The van der Waals surface area contributed by atoms with Crippen LogP contribution >= 0.6 is 23.4 Å². The Morgan fingerprint density at radius 3 is 2.22 bits per heavy atom. The molecule has 0 fully saturated rings. The van der Waals surface area contributed by atoms with Crippen LogP contribution in [0.5, 0.6) is 0 Å². The zero-order valence-electron chi connectivity index (χ0n) is 9.38. The fourth-order valence-corrected chi connectivity index (χ4v) is 2.81. The first-order valence-corrected chi connectivity index (χ1v) is 6.68. The molecule has 0 bridgehead atoms. The number of nitrogens with zero attached hydrogens (tertiary/aromatic N) is 2. The molecule has 0 spiro atoms. The summed E-state index contributed by atoms with van der Waals surface area (Å²) in [5.74, 6) is 0. The van der Waals surface area contributed by atoms with Crippen LogP contribution in [-0.2, 0) is 0 Å². The second-order valence-corrected chi connectivity index (χ2v) is 5.18. The van der Waals surface area contributed by atoms with Crippen LogP contribution in [0.4, 0.5) is 0 Å². The van der Waals surface area contributed by atoms with Crippen molar-refractivity contribution in [3.8, 4) is 0 Å². The first kappa shape index (κ1) is 11.5. The molecule has 0 atom stereocenters. The monoisotopic (exact) mass is 272 g/mol. The van der Waals surface area contributed by atoms with Crippen molar-refractivity contribution in [1.29, 1.82) is 0 Å². The smallest absolute Gasteiger partial charge is 0.142 e. The van der Waals surface area contributed by atoms with Gasteiger partial charge >= 0.3 is 0 Å². The highest BCUT2D eigenvalue weighted by Crippen LogP contribution is 2.33. The van der Waals surface area contributed by atoms with Crippen LogP contribution in [-0.4, -0.2) is 10.2 Å². The first-order valence-electron chi connectivity index (χ1n) is 5.48. The van der Waals surface area contributed by atoms with Crippen molar-refractivity contribution in [3.05, 3.63) is 59.8 Å². The lowest BCUT2D eigenvalue weighted by Crippen LogP contribution is -1.89. The molecule has 0 saturated carbocycles. The van der Waals surface area contributed by atoms with Crippen LogP contribution in [0.1, 0.15) is 0 Å². The van der Waals surface area contributed by atoms with Crippen molar-refractivity contribution in [1.82, 2.24) is 10.2 Å². The molecule has 0 amide bonds. The van der Waals surface area contributed by atoms with Gasteiger partial charge in [-0.25, -0.2) is 0 Å². The molecular weight excluding hydrogens is 264 g/mol. The predicted molar refractivity (Wildman–Crippen MR) is 75.1 cm³/mol. The molecule has 0 radical (unpaired) electrons. The van der Waals surface area contributed by atoms with Gasteiger partial charge < -0.3 is 0 Å². The van der Waals surface area contributed by atoms with Gasteiger partial charge in [-0.1, -0.05) is 65.8 Å². The van der Waals surface area contributed by atoms with Gasteiger partial charge in [-0.2, -0.15) is 0 Å². The van der Waals surface area contributed by atoms with Gasteiger partial charge in [0.15, 0.2) is 5.15 Å². The summed E-state index contributed by atoms with van der Waals surface area (Å²) >= 11 is 7.64.